The van der Waals surface area contributed by atoms with Crippen LogP contribution >= 0.6 is 11.6 Å². The summed E-state index contributed by atoms with van der Waals surface area (Å²) in [5.74, 6) is -0.205. The minimum absolute atomic E-state index is 0.207. The van der Waals surface area contributed by atoms with Crippen molar-refractivity contribution in [2.45, 2.75) is 13.8 Å². The Labute approximate surface area is 185 Å². The zero-order valence-electron chi connectivity index (χ0n) is 17.4. The Bertz CT molecular complexity index is 1220. The minimum Gasteiger partial charge on any atom is -0.497 e. The summed E-state index contributed by atoms with van der Waals surface area (Å²) < 4.78 is 5.27. The first kappa shape index (κ1) is 20.7. The topological polar surface area (TPSA) is 58.6 Å². The van der Waals surface area contributed by atoms with Gasteiger partial charge in [-0.2, -0.15) is 0 Å². The molecule has 0 aliphatic carbocycles. The van der Waals surface area contributed by atoms with Crippen LogP contribution in [-0.2, 0) is 9.59 Å². The molecule has 0 spiro atoms. The van der Waals surface area contributed by atoms with Crippen molar-refractivity contribution >= 4 is 40.4 Å². The first-order valence-corrected chi connectivity index (χ1v) is 10.1. The SMILES string of the molecule is COc1cccc(NC2=C(c3ccc(C)cc3)C(=O)N(c3ccc(C)c(Cl)c3)C2=O)c1. The summed E-state index contributed by atoms with van der Waals surface area (Å²) in [4.78, 5) is 28.0. The fourth-order valence-corrected chi connectivity index (χ4v) is 3.61. The van der Waals surface area contributed by atoms with Crippen LogP contribution in [0.4, 0.5) is 11.4 Å². The standard InChI is InChI=1S/C25H21ClN2O3/c1-15-7-10-17(11-8-15)22-23(27-18-5-4-6-20(13-18)31-3)25(30)28(24(22)29)19-12-9-16(2)21(26)14-19/h4-14,27H,1-3H3. The maximum atomic E-state index is 13.5. The highest BCUT2D eigenvalue weighted by Gasteiger charge is 2.40. The predicted octanol–water partition coefficient (Wildman–Crippen LogP) is 5.36. The summed E-state index contributed by atoms with van der Waals surface area (Å²) in [6, 6.07) is 19.8. The molecular weight excluding hydrogens is 412 g/mol. The van der Waals surface area contributed by atoms with E-state index in [-0.39, 0.29) is 5.70 Å². The smallest absolute Gasteiger partial charge is 0.282 e. The van der Waals surface area contributed by atoms with E-state index in [9.17, 15) is 9.59 Å². The third-order valence-electron chi connectivity index (χ3n) is 5.18. The van der Waals surface area contributed by atoms with Crippen molar-refractivity contribution in [3.05, 3.63) is 94.1 Å². The van der Waals surface area contributed by atoms with Crippen LogP contribution < -0.4 is 15.0 Å². The number of carbonyl (C=O) groups excluding carboxylic acids is 2. The van der Waals surface area contributed by atoms with Crippen LogP contribution in [-0.4, -0.2) is 18.9 Å². The van der Waals surface area contributed by atoms with Crippen molar-refractivity contribution in [2.24, 2.45) is 0 Å². The van der Waals surface area contributed by atoms with Gasteiger partial charge in [0.05, 0.1) is 18.4 Å². The summed E-state index contributed by atoms with van der Waals surface area (Å²) in [6.45, 7) is 3.83. The number of rotatable bonds is 5. The molecule has 1 aliphatic rings. The van der Waals surface area contributed by atoms with Gasteiger partial charge >= 0.3 is 0 Å². The third-order valence-corrected chi connectivity index (χ3v) is 5.58. The van der Waals surface area contributed by atoms with Gasteiger partial charge in [0, 0.05) is 16.8 Å². The average molecular weight is 433 g/mol. The summed E-state index contributed by atoms with van der Waals surface area (Å²) in [6.07, 6.45) is 0. The van der Waals surface area contributed by atoms with Crippen LogP contribution in [0.5, 0.6) is 5.75 Å². The fraction of sp³-hybridized carbons (Fsp3) is 0.120. The van der Waals surface area contributed by atoms with Crippen molar-refractivity contribution < 1.29 is 14.3 Å². The average Bonchev–Trinajstić information content (AvgIpc) is 3.00. The van der Waals surface area contributed by atoms with Gasteiger partial charge < -0.3 is 10.1 Å². The lowest BCUT2D eigenvalue weighted by Gasteiger charge is -2.16. The number of hydrogen-bond donors (Lipinski definition) is 1. The quantitative estimate of drug-likeness (QED) is 0.551. The van der Waals surface area contributed by atoms with Crippen LogP contribution in [0.2, 0.25) is 5.02 Å². The molecular formula is C25H21ClN2O3. The number of hydrogen-bond acceptors (Lipinski definition) is 4. The van der Waals surface area contributed by atoms with E-state index in [1.54, 1.807) is 31.4 Å². The molecule has 0 fully saturated rings. The van der Waals surface area contributed by atoms with Crippen molar-refractivity contribution in [3.63, 3.8) is 0 Å². The van der Waals surface area contributed by atoms with Crippen LogP contribution in [0.1, 0.15) is 16.7 Å². The normalized spacial score (nSPS) is 13.7. The highest BCUT2D eigenvalue weighted by Crippen LogP contribution is 2.35. The summed E-state index contributed by atoms with van der Waals surface area (Å²) >= 11 is 6.27. The van der Waals surface area contributed by atoms with Gasteiger partial charge in [0.25, 0.3) is 11.8 Å². The van der Waals surface area contributed by atoms with Gasteiger partial charge in [0.1, 0.15) is 11.4 Å². The van der Waals surface area contributed by atoms with E-state index in [1.807, 2.05) is 56.3 Å². The second-order valence-electron chi connectivity index (χ2n) is 7.35. The monoisotopic (exact) mass is 432 g/mol. The molecule has 31 heavy (non-hydrogen) atoms. The number of carbonyl (C=O) groups is 2. The number of amides is 2. The van der Waals surface area contributed by atoms with E-state index < -0.39 is 11.8 Å². The molecule has 0 radical (unpaired) electrons. The molecule has 6 heteroatoms. The Morgan fingerprint density at radius 2 is 1.65 bits per heavy atom. The minimum atomic E-state index is -0.441. The molecule has 2 amide bonds. The van der Waals surface area contributed by atoms with Gasteiger partial charge in [-0.05, 0) is 49.2 Å². The van der Waals surface area contributed by atoms with Crippen LogP contribution in [0.15, 0.2) is 72.4 Å². The number of methoxy groups -OCH3 is 1. The molecule has 1 N–H and O–H groups in total. The highest BCUT2D eigenvalue weighted by atomic mass is 35.5. The van der Waals surface area contributed by atoms with Crippen LogP contribution in [0, 0.1) is 13.8 Å². The molecule has 0 saturated heterocycles. The number of nitrogens with zero attached hydrogens (tertiary/aromatic N) is 1. The van der Waals surface area contributed by atoms with Crippen molar-refractivity contribution in [2.75, 3.05) is 17.3 Å². The zero-order chi connectivity index (χ0) is 22.1. The highest BCUT2D eigenvalue weighted by molar-refractivity contribution is 6.46. The molecule has 1 heterocycles. The number of benzene rings is 3. The lowest BCUT2D eigenvalue weighted by atomic mass is 10.0. The largest absolute Gasteiger partial charge is 0.497 e. The van der Waals surface area contributed by atoms with Gasteiger partial charge in [0.2, 0.25) is 0 Å². The molecule has 0 unspecified atom stereocenters. The molecule has 0 saturated carbocycles. The summed E-state index contributed by atoms with van der Waals surface area (Å²) in [5, 5.41) is 3.63. The lowest BCUT2D eigenvalue weighted by Crippen LogP contribution is -2.32. The number of ether oxygens (including phenoxy) is 1. The molecule has 3 aromatic carbocycles. The lowest BCUT2D eigenvalue weighted by molar-refractivity contribution is -0.120. The Balaban J connectivity index is 1.82. The van der Waals surface area contributed by atoms with Crippen LogP contribution in [0.3, 0.4) is 0 Å². The van der Waals surface area contributed by atoms with Crippen LogP contribution in [0.25, 0.3) is 5.57 Å². The fourth-order valence-electron chi connectivity index (χ4n) is 3.43. The third kappa shape index (κ3) is 3.92. The maximum Gasteiger partial charge on any atom is 0.282 e. The predicted molar refractivity (Wildman–Crippen MR) is 123 cm³/mol. The van der Waals surface area contributed by atoms with E-state index in [2.05, 4.69) is 5.32 Å². The van der Waals surface area contributed by atoms with Gasteiger partial charge in [-0.3, -0.25) is 9.59 Å². The first-order chi connectivity index (χ1) is 14.9. The Hall–Kier alpha value is -3.57. The number of halogens is 1. The van der Waals surface area contributed by atoms with Gasteiger partial charge in [-0.15, -0.1) is 0 Å². The second kappa shape index (κ2) is 8.28. The van der Waals surface area contributed by atoms with E-state index in [1.165, 1.54) is 0 Å². The molecule has 5 nitrogen and oxygen atoms in total. The van der Waals surface area contributed by atoms with Gasteiger partial charge in [-0.25, -0.2) is 4.90 Å². The van der Waals surface area contributed by atoms with E-state index >= 15 is 0 Å². The molecule has 0 aromatic heterocycles. The molecule has 3 aromatic rings. The van der Waals surface area contributed by atoms with E-state index in [4.69, 9.17) is 16.3 Å². The van der Waals surface area contributed by atoms with Gasteiger partial charge in [-0.1, -0.05) is 53.6 Å². The maximum absolute atomic E-state index is 13.5. The van der Waals surface area contributed by atoms with Crippen molar-refractivity contribution in [3.8, 4) is 5.75 Å². The number of anilines is 2. The molecule has 0 atom stereocenters. The zero-order valence-corrected chi connectivity index (χ0v) is 18.2. The van der Waals surface area contributed by atoms with E-state index in [0.29, 0.717) is 33.3 Å². The molecule has 0 bridgehead atoms. The summed E-state index contributed by atoms with van der Waals surface area (Å²) in [7, 11) is 1.57. The second-order valence-corrected chi connectivity index (χ2v) is 7.76. The summed E-state index contributed by atoms with van der Waals surface area (Å²) in [5.41, 5.74) is 4.18. The van der Waals surface area contributed by atoms with Gasteiger partial charge in [0.15, 0.2) is 0 Å². The number of nitrogens with one attached hydrogen (secondary N) is 1. The Morgan fingerprint density at radius 3 is 2.32 bits per heavy atom. The van der Waals surface area contributed by atoms with E-state index in [0.717, 1.165) is 16.0 Å². The molecule has 4 rings (SSSR count). The molecule has 156 valence electrons. The van der Waals surface area contributed by atoms with Crippen molar-refractivity contribution in [1.29, 1.82) is 0 Å². The Morgan fingerprint density at radius 1 is 0.903 bits per heavy atom. The number of aryl methyl sites for hydroxylation is 2. The first-order valence-electron chi connectivity index (χ1n) is 9.76. The molecule has 1 aliphatic heterocycles. The number of imide groups is 1. The Kier molecular flexibility index (Phi) is 5.53. The van der Waals surface area contributed by atoms with Crippen molar-refractivity contribution in [1.82, 2.24) is 0 Å².